The predicted octanol–water partition coefficient (Wildman–Crippen LogP) is -5.22. The number of carboxylic acids is 1. The number of carboxylic acid groups (broad SMARTS) is 1. The van der Waals surface area contributed by atoms with Gasteiger partial charge in [0.25, 0.3) is 5.56 Å². The van der Waals surface area contributed by atoms with E-state index in [0.717, 1.165) is 4.57 Å². The number of aldehydes is 1. The van der Waals surface area contributed by atoms with Gasteiger partial charge in [0.05, 0.1) is 6.33 Å². The molecule has 0 aliphatic carbocycles. The van der Waals surface area contributed by atoms with Crippen LogP contribution >= 0.6 is 0 Å². The van der Waals surface area contributed by atoms with Crippen molar-refractivity contribution in [1.82, 2.24) is 19.1 Å². The molecule has 2 heterocycles. The summed E-state index contributed by atoms with van der Waals surface area (Å²) in [5.74, 6) is -1.76. The molecule has 15 heteroatoms. The van der Waals surface area contributed by atoms with Gasteiger partial charge in [0, 0.05) is 14.1 Å². The van der Waals surface area contributed by atoms with E-state index < -0.39 is 40.1 Å². The lowest BCUT2D eigenvalue weighted by Gasteiger charge is -2.21. The molecule has 164 valence electrons. The minimum Gasteiger partial charge on any atom is -0.479 e. The highest BCUT2D eigenvalue weighted by Gasteiger charge is 2.34. The zero-order valence-corrected chi connectivity index (χ0v) is 17.2. The molecule has 29 heavy (non-hydrogen) atoms. The second kappa shape index (κ2) is 12.0. The average Bonchev–Trinajstić information content (AvgIpc) is 3.19. The van der Waals surface area contributed by atoms with Crippen molar-refractivity contribution in [1.29, 1.82) is 0 Å². The van der Waals surface area contributed by atoms with Gasteiger partial charge in [-0.15, -0.1) is 0 Å². The number of nitrogens with zero attached hydrogens (tertiary/aromatic N) is 3. The first-order valence-corrected chi connectivity index (χ1v) is 10.1. The summed E-state index contributed by atoms with van der Waals surface area (Å²) in [5, 5.41) is 43.2. The number of aryl methyl sites for hydroxylation is 1. The third-order valence-electron chi connectivity index (χ3n) is 3.45. The van der Waals surface area contributed by atoms with Gasteiger partial charge in [-0.25, -0.2) is 14.6 Å². The van der Waals surface area contributed by atoms with Crippen LogP contribution in [0.1, 0.15) is 0 Å². The molecule has 4 atom stereocenters. The Morgan fingerprint density at radius 3 is 2.14 bits per heavy atom. The maximum Gasteiger partial charge on any atom is 0.335 e. The van der Waals surface area contributed by atoms with Gasteiger partial charge in [-0.1, -0.05) is 6.55 Å². The highest BCUT2D eigenvalue weighted by atomic mass is 28.2. The fourth-order valence-corrected chi connectivity index (χ4v) is 1.88. The summed E-state index contributed by atoms with van der Waals surface area (Å²) in [6, 6.07) is 0. The highest BCUT2D eigenvalue weighted by molar-refractivity contribution is 6.22. The number of aliphatic hydroxyl groups is 4. The van der Waals surface area contributed by atoms with E-state index in [1.807, 2.05) is 6.55 Å². The average molecular weight is 436 g/mol. The minimum atomic E-state index is -2.25. The van der Waals surface area contributed by atoms with Gasteiger partial charge in [0.1, 0.15) is 23.8 Å². The van der Waals surface area contributed by atoms with Crippen LogP contribution in [0.2, 0.25) is 6.55 Å². The second-order valence-electron chi connectivity index (χ2n) is 5.51. The van der Waals surface area contributed by atoms with Gasteiger partial charge in [-0.05, 0) is 0 Å². The van der Waals surface area contributed by atoms with E-state index >= 15 is 0 Å². The highest BCUT2D eigenvalue weighted by Crippen LogP contribution is 2.03. The lowest BCUT2D eigenvalue weighted by Crippen LogP contribution is -2.48. The van der Waals surface area contributed by atoms with Crippen molar-refractivity contribution < 1.29 is 39.9 Å². The zero-order chi connectivity index (χ0) is 22.9. The number of aliphatic carboxylic acids is 1. The number of aromatic amines is 1. The van der Waals surface area contributed by atoms with Crippen LogP contribution in [-0.4, -0.2) is 95.9 Å². The summed E-state index contributed by atoms with van der Waals surface area (Å²) in [4.78, 5) is 57.0. The summed E-state index contributed by atoms with van der Waals surface area (Å²) in [7, 11) is 2.43. The third kappa shape index (κ3) is 6.70. The molecule has 0 saturated carbocycles. The van der Waals surface area contributed by atoms with Crippen LogP contribution in [-0.2, 0) is 23.7 Å². The Balaban J connectivity index is 0.000000477. The first-order chi connectivity index (χ1) is 13.5. The SMILES string of the molecule is C[SiH2]O.Cn1c(=O)c2[nH]cnc2n(C)c1=O.O=C[C@@H](O)[C@@H](O)[C@H](O)[C@H](O)C(=O)O. The molecule has 0 bridgehead atoms. The summed E-state index contributed by atoms with van der Waals surface area (Å²) in [5.41, 5.74) is 0.0119. The maximum atomic E-state index is 11.4. The number of carbonyl (C=O) groups is 2. The molecule has 2 aromatic heterocycles. The Hall–Kier alpha value is -2.69. The van der Waals surface area contributed by atoms with Crippen molar-refractivity contribution in [2.75, 3.05) is 0 Å². The van der Waals surface area contributed by atoms with E-state index in [4.69, 9.17) is 30.3 Å². The van der Waals surface area contributed by atoms with E-state index in [9.17, 15) is 19.2 Å². The van der Waals surface area contributed by atoms with E-state index in [2.05, 4.69) is 9.97 Å². The Morgan fingerprint density at radius 1 is 1.17 bits per heavy atom. The second-order valence-corrected chi connectivity index (χ2v) is 6.15. The Morgan fingerprint density at radius 2 is 1.69 bits per heavy atom. The van der Waals surface area contributed by atoms with Gasteiger partial charge in [-0.2, -0.15) is 0 Å². The number of aliphatic hydroxyl groups excluding tert-OH is 4. The van der Waals surface area contributed by atoms with Crippen molar-refractivity contribution in [3.8, 4) is 0 Å². The van der Waals surface area contributed by atoms with Crippen LogP contribution in [0.4, 0.5) is 0 Å². The van der Waals surface area contributed by atoms with Crippen molar-refractivity contribution in [3.05, 3.63) is 27.2 Å². The van der Waals surface area contributed by atoms with Gasteiger partial charge >= 0.3 is 11.7 Å². The van der Waals surface area contributed by atoms with E-state index in [1.165, 1.54) is 17.9 Å². The lowest BCUT2D eigenvalue weighted by atomic mass is 10.0. The van der Waals surface area contributed by atoms with Gasteiger partial charge in [0.15, 0.2) is 27.8 Å². The number of carbonyl (C=O) groups excluding carboxylic acids is 1. The van der Waals surface area contributed by atoms with Crippen LogP contribution in [0, 0.1) is 0 Å². The molecule has 0 aromatic carbocycles. The fraction of sp³-hybridized carbons (Fsp3) is 0.500. The molecule has 2 rings (SSSR count). The molecule has 0 aliphatic heterocycles. The molecular weight excluding hydrogens is 412 g/mol. The summed E-state index contributed by atoms with van der Waals surface area (Å²) in [6.07, 6.45) is -7.00. The molecule has 14 nitrogen and oxygen atoms in total. The van der Waals surface area contributed by atoms with Crippen molar-refractivity contribution in [2.24, 2.45) is 14.1 Å². The first-order valence-electron chi connectivity index (χ1n) is 8.06. The first kappa shape index (κ1) is 26.3. The van der Waals surface area contributed by atoms with Crippen LogP contribution < -0.4 is 11.2 Å². The van der Waals surface area contributed by atoms with Gasteiger partial charge < -0.3 is 40.1 Å². The maximum absolute atomic E-state index is 11.4. The number of hydrogen-bond donors (Lipinski definition) is 7. The van der Waals surface area contributed by atoms with Crippen molar-refractivity contribution in [3.63, 3.8) is 0 Å². The summed E-state index contributed by atoms with van der Waals surface area (Å²) < 4.78 is 2.37. The standard InChI is InChI=1S/C7H8N4O2.C6H10O7.CH6OSi/c1-10-5-4(8-3-9-5)6(12)11(2)7(10)13;7-1-2(8)3(9)4(10)5(11)6(12)13;1-3-2/h3H,1-2H3,(H,8,9);1-5,8-11H,(H,12,13);2H,3H2,1H3/t;2-,3-,4+,5+;/m.1./s1. The molecule has 0 saturated heterocycles. The number of nitrogens with one attached hydrogen (secondary N) is 1. The topological polar surface area (TPSA) is 228 Å². The Labute approximate surface area is 165 Å². The molecule has 0 amide bonds. The lowest BCUT2D eigenvalue weighted by molar-refractivity contribution is -0.163. The normalized spacial score (nSPS) is 14.9. The number of imidazole rings is 1. The van der Waals surface area contributed by atoms with Crippen molar-refractivity contribution in [2.45, 2.75) is 31.0 Å². The molecule has 7 N–H and O–H groups in total. The van der Waals surface area contributed by atoms with Crippen LogP contribution in [0.15, 0.2) is 15.9 Å². The van der Waals surface area contributed by atoms with Crippen LogP contribution in [0.5, 0.6) is 0 Å². The fourth-order valence-electron chi connectivity index (χ4n) is 1.88. The molecule has 2 aromatic rings. The molecule has 0 fully saturated rings. The monoisotopic (exact) mass is 436 g/mol. The predicted molar refractivity (Wildman–Crippen MR) is 101 cm³/mol. The van der Waals surface area contributed by atoms with E-state index in [-0.39, 0.29) is 17.5 Å². The molecule has 0 aliphatic rings. The number of rotatable bonds is 5. The largest absolute Gasteiger partial charge is 0.479 e. The number of fused-ring (bicyclic) bond motifs is 1. The number of H-pyrrole nitrogens is 1. The molecule has 0 spiro atoms. The Kier molecular flexibility index (Phi) is 10.9. The molecule has 0 unspecified atom stereocenters. The van der Waals surface area contributed by atoms with Crippen LogP contribution in [0.25, 0.3) is 11.2 Å². The number of hydrogen-bond acceptors (Lipinski definition) is 10. The zero-order valence-electron chi connectivity index (χ0n) is 15.8. The third-order valence-corrected chi connectivity index (χ3v) is 3.45. The number of aromatic nitrogens is 4. The van der Waals surface area contributed by atoms with Crippen molar-refractivity contribution >= 4 is 33.2 Å². The minimum absolute atomic E-state index is 0.0809. The quantitative estimate of drug-likeness (QED) is 0.173. The Bertz CT molecular complexity index is 923. The summed E-state index contributed by atoms with van der Waals surface area (Å²) in [6.45, 7) is 1.82. The molecular formula is C14H24N4O10Si. The molecule has 0 radical (unpaired) electrons. The van der Waals surface area contributed by atoms with Gasteiger partial charge in [0.2, 0.25) is 0 Å². The van der Waals surface area contributed by atoms with Crippen LogP contribution in [0.3, 0.4) is 0 Å². The van der Waals surface area contributed by atoms with Gasteiger partial charge in [-0.3, -0.25) is 13.9 Å². The van der Waals surface area contributed by atoms with E-state index in [1.54, 1.807) is 7.05 Å². The summed E-state index contributed by atoms with van der Waals surface area (Å²) >= 11 is 0. The van der Waals surface area contributed by atoms with E-state index in [0.29, 0.717) is 11.2 Å². The smallest absolute Gasteiger partial charge is 0.335 e.